The molecule has 2 aromatic heterocycles. The number of piperazine rings is 1. The molecule has 1 amide bonds. The Morgan fingerprint density at radius 2 is 1.76 bits per heavy atom. The fourth-order valence-corrected chi connectivity index (χ4v) is 3.74. The van der Waals surface area contributed by atoms with E-state index in [2.05, 4.69) is 53.3 Å². The fraction of sp³-hybridized carbons (Fsp3) is 0.429. The maximum Gasteiger partial charge on any atom is 0.289 e. The van der Waals surface area contributed by atoms with Crippen LogP contribution in [0.5, 0.6) is 0 Å². The van der Waals surface area contributed by atoms with Gasteiger partial charge in [0.2, 0.25) is 0 Å². The van der Waals surface area contributed by atoms with Crippen LogP contribution in [0.25, 0.3) is 0 Å². The van der Waals surface area contributed by atoms with Gasteiger partial charge in [-0.2, -0.15) is 0 Å². The van der Waals surface area contributed by atoms with Gasteiger partial charge in [-0.05, 0) is 48.9 Å². The molecule has 8 nitrogen and oxygen atoms in total. The van der Waals surface area contributed by atoms with Gasteiger partial charge in [-0.3, -0.25) is 9.69 Å². The van der Waals surface area contributed by atoms with Gasteiger partial charge in [0.1, 0.15) is 0 Å². The molecular weight excluding hydrogens is 368 g/mol. The molecule has 1 atom stereocenters. The molecule has 1 aliphatic rings. The zero-order valence-corrected chi connectivity index (χ0v) is 17.0. The van der Waals surface area contributed by atoms with Crippen molar-refractivity contribution in [3.05, 3.63) is 65.9 Å². The molecule has 1 saturated heterocycles. The van der Waals surface area contributed by atoms with Crippen LogP contribution in [0.1, 0.15) is 48.8 Å². The Hall–Kier alpha value is -3.00. The van der Waals surface area contributed by atoms with Crippen LogP contribution in [0, 0.1) is 0 Å². The number of carbonyl (C=O) groups is 1. The van der Waals surface area contributed by atoms with Crippen LogP contribution in [0.2, 0.25) is 0 Å². The molecule has 29 heavy (non-hydrogen) atoms. The molecule has 0 radical (unpaired) electrons. The number of rotatable bonds is 4. The Labute approximate surface area is 170 Å². The third-order valence-corrected chi connectivity index (χ3v) is 5.19. The number of carbonyl (C=O) groups excluding carboxylic acids is 1. The molecule has 0 aliphatic carbocycles. The summed E-state index contributed by atoms with van der Waals surface area (Å²) in [5, 5.41) is 12.6. The molecule has 0 N–H and O–H groups in total. The van der Waals surface area contributed by atoms with Gasteiger partial charge in [0.25, 0.3) is 5.91 Å². The third-order valence-electron chi connectivity index (χ3n) is 5.19. The average molecular weight is 394 g/mol. The zero-order valence-electron chi connectivity index (χ0n) is 17.0. The van der Waals surface area contributed by atoms with Crippen molar-refractivity contribution in [2.45, 2.75) is 32.4 Å². The number of nitrogens with zero attached hydrogens (tertiary/aromatic N) is 6. The molecule has 152 valence electrons. The predicted octanol–water partition coefficient (Wildman–Crippen LogP) is 2.57. The van der Waals surface area contributed by atoms with E-state index in [1.165, 1.54) is 6.26 Å². The summed E-state index contributed by atoms with van der Waals surface area (Å²) in [7, 11) is 0. The Kier molecular flexibility index (Phi) is 5.19. The van der Waals surface area contributed by atoms with E-state index >= 15 is 0 Å². The molecule has 1 aliphatic heterocycles. The largest absolute Gasteiger partial charge is 0.459 e. The minimum atomic E-state index is -0.233. The van der Waals surface area contributed by atoms with Gasteiger partial charge in [-0.15, -0.1) is 5.10 Å². The molecule has 3 aromatic rings. The molecule has 1 aromatic carbocycles. The van der Waals surface area contributed by atoms with E-state index in [4.69, 9.17) is 4.42 Å². The first kappa shape index (κ1) is 19.3. The lowest BCUT2D eigenvalue weighted by Gasteiger charge is -2.39. The van der Waals surface area contributed by atoms with E-state index in [0.29, 0.717) is 18.8 Å². The first-order valence-corrected chi connectivity index (χ1v) is 9.85. The molecule has 0 saturated carbocycles. The summed E-state index contributed by atoms with van der Waals surface area (Å²) in [5.41, 5.74) is 0.904. The number of aromatic nitrogens is 4. The first-order valence-electron chi connectivity index (χ1n) is 9.85. The van der Waals surface area contributed by atoms with Gasteiger partial charge in [-0.1, -0.05) is 30.3 Å². The summed E-state index contributed by atoms with van der Waals surface area (Å²) >= 11 is 0. The Morgan fingerprint density at radius 1 is 1.03 bits per heavy atom. The van der Waals surface area contributed by atoms with Gasteiger partial charge in [0.15, 0.2) is 11.6 Å². The normalized spacial score (nSPS) is 16.7. The highest BCUT2D eigenvalue weighted by molar-refractivity contribution is 5.91. The second-order valence-electron chi connectivity index (χ2n) is 8.24. The van der Waals surface area contributed by atoms with Crippen molar-refractivity contribution in [2.75, 3.05) is 26.2 Å². The number of hydrogen-bond acceptors (Lipinski definition) is 6. The molecule has 1 fully saturated rings. The number of furan rings is 1. The lowest BCUT2D eigenvalue weighted by molar-refractivity contribution is 0.0556. The molecule has 0 unspecified atom stereocenters. The summed E-state index contributed by atoms with van der Waals surface area (Å²) in [6.07, 6.45) is 1.53. The van der Waals surface area contributed by atoms with E-state index in [0.717, 1.165) is 24.5 Å². The highest BCUT2D eigenvalue weighted by Gasteiger charge is 2.34. The van der Waals surface area contributed by atoms with Crippen molar-refractivity contribution in [3.63, 3.8) is 0 Å². The topological polar surface area (TPSA) is 80.3 Å². The van der Waals surface area contributed by atoms with Crippen LogP contribution in [0.15, 0.2) is 53.1 Å². The minimum Gasteiger partial charge on any atom is -0.459 e. The molecule has 3 heterocycles. The average Bonchev–Trinajstić information content (AvgIpc) is 3.41. The number of hydrogen-bond donors (Lipinski definition) is 0. The number of tetrazole rings is 1. The van der Waals surface area contributed by atoms with Crippen molar-refractivity contribution < 1.29 is 9.21 Å². The van der Waals surface area contributed by atoms with E-state index < -0.39 is 0 Å². The van der Waals surface area contributed by atoms with Gasteiger partial charge in [0.05, 0.1) is 17.8 Å². The lowest BCUT2D eigenvalue weighted by Crippen LogP contribution is -2.50. The SMILES string of the molecule is CC(C)(C)n1nnnc1[C@@H](c1ccccc1)N1CCN(C(=O)c2ccco2)CC1. The maximum absolute atomic E-state index is 12.6. The summed E-state index contributed by atoms with van der Waals surface area (Å²) in [6.45, 7) is 8.98. The molecule has 8 heteroatoms. The number of benzene rings is 1. The summed E-state index contributed by atoms with van der Waals surface area (Å²) in [4.78, 5) is 16.8. The van der Waals surface area contributed by atoms with Crippen molar-refractivity contribution in [1.82, 2.24) is 30.0 Å². The molecular formula is C21H26N6O2. The second kappa shape index (κ2) is 7.79. The molecule has 0 spiro atoms. The van der Waals surface area contributed by atoms with Gasteiger partial charge >= 0.3 is 0 Å². The van der Waals surface area contributed by atoms with Gasteiger partial charge in [0, 0.05) is 26.2 Å². The minimum absolute atomic E-state index is 0.0644. The highest BCUT2D eigenvalue weighted by atomic mass is 16.3. The van der Waals surface area contributed by atoms with Crippen molar-refractivity contribution >= 4 is 5.91 Å². The highest BCUT2D eigenvalue weighted by Crippen LogP contribution is 2.30. The monoisotopic (exact) mass is 394 g/mol. The van der Waals surface area contributed by atoms with Crippen LogP contribution >= 0.6 is 0 Å². The molecule has 4 rings (SSSR count). The van der Waals surface area contributed by atoms with Crippen molar-refractivity contribution in [1.29, 1.82) is 0 Å². The maximum atomic E-state index is 12.6. The van der Waals surface area contributed by atoms with E-state index in [1.807, 2.05) is 27.8 Å². The Balaban J connectivity index is 1.59. The lowest BCUT2D eigenvalue weighted by atomic mass is 10.0. The van der Waals surface area contributed by atoms with Crippen molar-refractivity contribution in [2.24, 2.45) is 0 Å². The first-order chi connectivity index (χ1) is 13.9. The van der Waals surface area contributed by atoms with Gasteiger partial charge in [-0.25, -0.2) is 4.68 Å². The van der Waals surface area contributed by atoms with Crippen LogP contribution in [0.4, 0.5) is 0 Å². The molecule has 0 bridgehead atoms. The number of amides is 1. The Morgan fingerprint density at radius 3 is 2.38 bits per heavy atom. The standard InChI is InChI=1S/C21H26N6O2/c1-21(2,3)27-19(22-23-24-27)18(16-8-5-4-6-9-16)25-11-13-26(14-12-25)20(28)17-10-7-15-29-17/h4-10,15,18H,11-14H2,1-3H3/t18-/m1/s1. The summed E-state index contributed by atoms with van der Waals surface area (Å²) < 4.78 is 7.16. The zero-order chi connectivity index (χ0) is 20.4. The quantitative estimate of drug-likeness (QED) is 0.677. The van der Waals surface area contributed by atoms with Crippen LogP contribution in [0.3, 0.4) is 0 Å². The third kappa shape index (κ3) is 3.93. The predicted molar refractivity (Wildman–Crippen MR) is 107 cm³/mol. The van der Waals surface area contributed by atoms with Crippen LogP contribution < -0.4 is 0 Å². The van der Waals surface area contributed by atoms with E-state index in [1.54, 1.807) is 12.1 Å². The summed E-state index contributed by atoms with van der Waals surface area (Å²) in [5.74, 6) is 1.13. The van der Waals surface area contributed by atoms with Crippen molar-refractivity contribution in [3.8, 4) is 0 Å². The second-order valence-corrected chi connectivity index (χ2v) is 8.24. The van der Waals surface area contributed by atoms with Crippen LogP contribution in [-0.4, -0.2) is 62.1 Å². The summed E-state index contributed by atoms with van der Waals surface area (Å²) in [6, 6.07) is 13.6. The van der Waals surface area contributed by atoms with E-state index in [9.17, 15) is 4.79 Å². The van der Waals surface area contributed by atoms with Crippen LogP contribution in [-0.2, 0) is 5.54 Å². The van der Waals surface area contributed by atoms with E-state index in [-0.39, 0.29) is 17.5 Å². The van der Waals surface area contributed by atoms with Gasteiger partial charge < -0.3 is 9.32 Å². The Bertz CT molecular complexity index is 937. The smallest absolute Gasteiger partial charge is 0.289 e. The fourth-order valence-electron chi connectivity index (χ4n) is 3.74.